The van der Waals surface area contributed by atoms with Gasteiger partial charge in [0.15, 0.2) is 17.3 Å². The van der Waals surface area contributed by atoms with E-state index in [0.717, 1.165) is 77.8 Å². The van der Waals surface area contributed by atoms with Crippen LogP contribution in [0.15, 0.2) is 10.7 Å². The van der Waals surface area contributed by atoms with Crippen molar-refractivity contribution in [1.82, 2.24) is 50.6 Å². The van der Waals surface area contributed by atoms with Crippen LogP contribution in [-0.4, -0.2) is 101 Å². The quantitative estimate of drug-likeness (QED) is 0.236. The van der Waals surface area contributed by atoms with Gasteiger partial charge in [0.25, 0.3) is 11.8 Å². The molecule has 4 aromatic heterocycles. The number of aryl methyl sites for hydroxylation is 1. The number of piperazine rings is 1. The molecule has 1 spiro atoms. The van der Waals surface area contributed by atoms with Gasteiger partial charge in [0.1, 0.15) is 11.1 Å². The maximum absolute atomic E-state index is 14.7. The number of carbonyl (C=O) groups is 2. The second-order valence-electron chi connectivity index (χ2n) is 15.6. The molecule has 2 unspecified atom stereocenters. The molecule has 5 N–H and O–H groups in total. The maximum Gasteiger partial charge on any atom is 0.343 e. The van der Waals surface area contributed by atoms with Crippen molar-refractivity contribution in [3.05, 3.63) is 39.3 Å². The first-order valence-corrected chi connectivity index (χ1v) is 19.0. The number of aromatic hydroxyl groups is 1. The molecule has 2 saturated heterocycles. The molecule has 4 aromatic rings. The van der Waals surface area contributed by atoms with Crippen molar-refractivity contribution in [2.24, 2.45) is 5.41 Å². The van der Waals surface area contributed by atoms with E-state index in [-0.39, 0.29) is 29.5 Å². The molecule has 0 saturated carbocycles. The zero-order chi connectivity index (χ0) is 37.2. The van der Waals surface area contributed by atoms with Gasteiger partial charge in [-0.3, -0.25) is 4.79 Å². The highest BCUT2D eigenvalue weighted by Crippen LogP contribution is 2.55. The highest BCUT2D eigenvalue weighted by atomic mass is 32.1. The summed E-state index contributed by atoms with van der Waals surface area (Å²) in [6, 6.07) is 1.02. The Morgan fingerprint density at radius 1 is 1.19 bits per heavy atom. The van der Waals surface area contributed by atoms with E-state index in [1.54, 1.807) is 4.90 Å². The van der Waals surface area contributed by atoms with E-state index in [0.29, 0.717) is 48.1 Å². The van der Waals surface area contributed by atoms with Crippen LogP contribution < -0.4 is 21.3 Å². The van der Waals surface area contributed by atoms with Gasteiger partial charge in [0.2, 0.25) is 11.8 Å². The molecule has 2 amide bonds. The third-order valence-electron chi connectivity index (χ3n) is 11.2. The average Bonchev–Trinajstić information content (AvgIpc) is 3.93. The number of nitrogens with zero attached hydrogens (tertiary/aromatic N) is 10. The summed E-state index contributed by atoms with van der Waals surface area (Å²) in [6.45, 7) is 10.6. The molecule has 278 valence electrons. The Kier molecular flexibility index (Phi) is 8.60. The fourth-order valence-corrected chi connectivity index (χ4v) is 10.2. The zero-order valence-corrected chi connectivity index (χ0v) is 31.0. The first-order valence-electron chi connectivity index (χ1n) is 18.2. The summed E-state index contributed by atoms with van der Waals surface area (Å²) in [4.78, 5) is 47.3. The molecule has 18 heteroatoms. The first kappa shape index (κ1) is 34.9. The number of nitrogens with one attached hydrogen (secondary N) is 2. The molecule has 17 nitrogen and oxygen atoms in total. The maximum atomic E-state index is 14.7. The normalized spacial score (nSPS) is 24.2. The Morgan fingerprint density at radius 3 is 2.70 bits per heavy atom. The van der Waals surface area contributed by atoms with Gasteiger partial charge in [0.05, 0.1) is 29.3 Å². The second kappa shape index (κ2) is 13.1. The zero-order valence-electron chi connectivity index (χ0n) is 30.2. The van der Waals surface area contributed by atoms with Gasteiger partial charge in [-0.05, 0) is 62.8 Å². The largest absolute Gasteiger partial charge is 0.491 e. The fourth-order valence-electron chi connectivity index (χ4n) is 9.00. The SMILES string of the molecule is C[C@H]1CNCCN1c1nc(C(=O)N2CCC(NC(=O)n3cc(O)nn3)C2C(C)(C)C)nc(-c2noc3c2CCC[C@@]32CCCc3sc(N)c(C#N)c32)n1. The lowest BCUT2D eigenvalue weighted by atomic mass is 9.63. The van der Waals surface area contributed by atoms with Crippen LogP contribution >= 0.6 is 11.3 Å². The lowest BCUT2D eigenvalue weighted by Gasteiger charge is -2.39. The van der Waals surface area contributed by atoms with E-state index in [1.165, 1.54) is 11.3 Å². The van der Waals surface area contributed by atoms with Crippen molar-refractivity contribution in [2.75, 3.05) is 36.8 Å². The third-order valence-corrected chi connectivity index (χ3v) is 12.3. The van der Waals surface area contributed by atoms with Gasteiger partial charge in [-0.15, -0.1) is 11.3 Å². The van der Waals surface area contributed by atoms with Crippen LogP contribution in [0.25, 0.3) is 11.5 Å². The van der Waals surface area contributed by atoms with Crippen LogP contribution in [0.2, 0.25) is 0 Å². The van der Waals surface area contributed by atoms with Crippen LogP contribution in [-0.2, 0) is 18.3 Å². The van der Waals surface area contributed by atoms with Gasteiger partial charge in [-0.2, -0.15) is 19.9 Å². The summed E-state index contributed by atoms with van der Waals surface area (Å²) in [6.07, 6.45) is 6.59. The van der Waals surface area contributed by atoms with Crippen LogP contribution in [0.4, 0.5) is 15.7 Å². The number of anilines is 2. The lowest BCUT2D eigenvalue weighted by Crippen LogP contribution is -2.54. The van der Waals surface area contributed by atoms with Gasteiger partial charge in [0, 0.05) is 42.7 Å². The molecule has 4 aliphatic rings. The topological polar surface area (TPSA) is 230 Å². The predicted molar refractivity (Wildman–Crippen MR) is 193 cm³/mol. The van der Waals surface area contributed by atoms with Gasteiger partial charge in [-0.1, -0.05) is 36.2 Å². The average molecular weight is 742 g/mol. The van der Waals surface area contributed by atoms with E-state index in [4.69, 9.17) is 25.2 Å². The summed E-state index contributed by atoms with van der Waals surface area (Å²) >= 11 is 1.49. The molecule has 0 radical (unpaired) electrons. The molecule has 0 aromatic carbocycles. The lowest BCUT2D eigenvalue weighted by molar-refractivity contribution is 0.0584. The molecule has 8 rings (SSSR count). The van der Waals surface area contributed by atoms with E-state index in [2.05, 4.69) is 44.0 Å². The number of carbonyl (C=O) groups excluding carboxylic acids is 2. The summed E-state index contributed by atoms with van der Waals surface area (Å²) in [5.74, 6) is 0.602. The highest BCUT2D eigenvalue weighted by molar-refractivity contribution is 7.16. The highest BCUT2D eigenvalue weighted by Gasteiger charge is 2.49. The predicted octanol–water partition coefficient (Wildman–Crippen LogP) is 2.98. The summed E-state index contributed by atoms with van der Waals surface area (Å²) < 4.78 is 7.21. The molecule has 2 fully saturated rings. The van der Waals surface area contributed by atoms with Crippen LogP contribution in [0.3, 0.4) is 0 Å². The van der Waals surface area contributed by atoms with Crippen LogP contribution in [0.1, 0.15) is 97.7 Å². The van der Waals surface area contributed by atoms with E-state index in [1.807, 2.05) is 20.8 Å². The van der Waals surface area contributed by atoms with Crippen molar-refractivity contribution >= 4 is 34.2 Å². The Morgan fingerprint density at radius 2 is 1.98 bits per heavy atom. The third kappa shape index (κ3) is 5.86. The number of nitriles is 1. The molecular formula is C35H43N13O4S. The number of thiophene rings is 1. The minimum atomic E-state index is -0.561. The van der Waals surface area contributed by atoms with Crippen molar-refractivity contribution in [1.29, 1.82) is 5.26 Å². The molecular weight excluding hydrogens is 699 g/mol. The second-order valence-corrected chi connectivity index (χ2v) is 16.7. The monoisotopic (exact) mass is 741 g/mol. The Bertz CT molecular complexity index is 2130. The Labute approximate surface area is 310 Å². The molecule has 2 aliphatic carbocycles. The van der Waals surface area contributed by atoms with Gasteiger partial charge in [-0.25, -0.2) is 9.78 Å². The van der Waals surface area contributed by atoms with E-state index >= 15 is 0 Å². The number of amides is 2. The number of nitrogens with two attached hydrogens (primary N) is 1. The molecule has 4 atom stereocenters. The minimum absolute atomic E-state index is 0.0160. The first-order chi connectivity index (χ1) is 25.4. The van der Waals surface area contributed by atoms with Gasteiger partial charge >= 0.3 is 6.03 Å². The van der Waals surface area contributed by atoms with Crippen LogP contribution in [0.5, 0.6) is 5.88 Å². The summed E-state index contributed by atoms with van der Waals surface area (Å²) in [5.41, 5.74) is 8.27. The number of nitrogen functional groups attached to an aromatic ring is 1. The summed E-state index contributed by atoms with van der Waals surface area (Å²) in [5, 5.41) is 38.5. The van der Waals surface area contributed by atoms with Gasteiger partial charge < -0.3 is 35.8 Å². The number of rotatable bonds is 4. The Balaban J connectivity index is 1.19. The Hall–Kier alpha value is -5.15. The van der Waals surface area contributed by atoms with Crippen molar-refractivity contribution in [2.45, 2.75) is 96.2 Å². The van der Waals surface area contributed by atoms with E-state index < -0.39 is 28.9 Å². The number of likely N-dealkylation sites (tertiary alicyclic amines) is 1. The molecule has 2 aliphatic heterocycles. The van der Waals surface area contributed by atoms with Crippen molar-refractivity contribution in [3.8, 4) is 23.5 Å². The standard InChI is InChI=1S/C35H43N13O4S/c1-18-16-38-12-14-46(18)32-41-29(25-19-7-5-10-35(27(19)52-44-25)11-6-8-22-24(35)20(15-36)28(37)53-22)40-30(42-32)31(50)47-13-9-21(26(47)34(2,3)4)39-33(51)48-17-23(49)43-45-48/h17-18,21,26,38,49H,5-14,16,37H2,1-4H3,(H,39,51)/t18-,21?,26?,35-/m0/s1. The molecule has 6 heterocycles. The number of fused-ring (bicyclic) bond motifs is 4. The minimum Gasteiger partial charge on any atom is -0.491 e. The summed E-state index contributed by atoms with van der Waals surface area (Å²) in [7, 11) is 0. The molecule has 53 heavy (non-hydrogen) atoms. The molecule has 0 bridgehead atoms. The van der Waals surface area contributed by atoms with Crippen molar-refractivity contribution in [3.63, 3.8) is 0 Å². The smallest absolute Gasteiger partial charge is 0.343 e. The number of hydrogen-bond acceptors (Lipinski definition) is 15. The number of aromatic nitrogens is 7. The van der Waals surface area contributed by atoms with Crippen molar-refractivity contribution < 1.29 is 19.2 Å². The van der Waals surface area contributed by atoms with E-state index in [9.17, 15) is 20.0 Å². The number of hydrogen-bond donors (Lipinski definition) is 4. The fraction of sp³-hybridized carbons (Fsp3) is 0.571. The van der Waals surface area contributed by atoms with Crippen LogP contribution in [0, 0.1) is 16.7 Å².